The van der Waals surface area contributed by atoms with Gasteiger partial charge in [0.2, 0.25) is 0 Å². The maximum absolute atomic E-state index is 12.2. The van der Waals surface area contributed by atoms with Crippen LogP contribution in [-0.4, -0.2) is 35.7 Å². The zero-order valence-corrected chi connectivity index (χ0v) is 11.3. The number of ether oxygens (including phenoxy) is 1. The number of halogens is 2. The summed E-state index contributed by atoms with van der Waals surface area (Å²) in [5.74, 6) is -1.76. The first kappa shape index (κ1) is 14.1. The molecule has 0 saturated carbocycles. The Bertz CT molecular complexity index is 506. The average molecular weight is 304 g/mol. The van der Waals surface area contributed by atoms with E-state index in [1.54, 1.807) is 6.07 Å². The van der Waals surface area contributed by atoms with E-state index in [2.05, 4.69) is 5.32 Å². The Kier molecular flexibility index (Phi) is 3.99. The van der Waals surface area contributed by atoms with Crippen molar-refractivity contribution < 1.29 is 19.4 Å². The third-order valence-electron chi connectivity index (χ3n) is 2.97. The van der Waals surface area contributed by atoms with Gasteiger partial charge in [-0.15, -0.1) is 0 Å². The Morgan fingerprint density at radius 3 is 2.42 bits per heavy atom. The molecule has 0 aromatic heterocycles. The van der Waals surface area contributed by atoms with Gasteiger partial charge in [-0.1, -0.05) is 29.3 Å². The molecule has 0 spiro atoms. The second kappa shape index (κ2) is 5.36. The topological polar surface area (TPSA) is 75.6 Å². The van der Waals surface area contributed by atoms with E-state index in [0.29, 0.717) is 0 Å². The highest BCUT2D eigenvalue weighted by atomic mass is 35.5. The zero-order chi connectivity index (χ0) is 14.0. The molecule has 1 atom stereocenters. The fourth-order valence-corrected chi connectivity index (χ4v) is 2.45. The van der Waals surface area contributed by atoms with Crippen molar-refractivity contribution in [3.63, 3.8) is 0 Å². The van der Waals surface area contributed by atoms with E-state index in [1.165, 1.54) is 12.1 Å². The van der Waals surface area contributed by atoms with Gasteiger partial charge in [0.15, 0.2) is 5.54 Å². The highest BCUT2D eigenvalue weighted by molar-refractivity contribution is 6.39. The van der Waals surface area contributed by atoms with Crippen molar-refractivity contribution in [1.29, 1.82) is 0 Å². The van der Waals surface area contributed by atoms with E-state index in [1.807, 2.05) is 0 Å². The van der Waals surface area contributed by atoms with Crippen LogP contribution in [0.2, 0.25) is 10.0 Å². The first-order valence-electron chi connectivity index (χ1n) is 5.54. The lowest BCUT2D eigenvalue weighted by Crippen LogP contribution is -2.55. The van der Waals surface area contributed by atoms with Crippen molar-refractivity contribution in [3.8, 4) is 0 Å². The molecule has 19 heavy (non-hydrogen) atoms. The molecule has 1 fully saturated rings. The number of carbonyl (C=O) groups is 2. The van der Waals surface area contributed by atoms with Crippen LogP contribution >= 0.6 is 23.2 Å². The molecule has 1 amide bonds. The van der Waals surface area contributed by atoms with Gasteiger partial charge in [0.05, 0.1) is 22.2 Å². The normalized spacial score (nSPS) is 22.2. The molecule has 7 heteroatoms. The van der Waals surface area contributed by atoms with Crippen molar-refractivity contribution in [2.24, 2.45) is 0 Å². The zero-order valence-electron chi connectivity index (χ0n) is 9.78. The fraction of sp³-hybridized carbons (Fsp3) is 0.333. The minimum atomic E-state index is -1.42. The van der Waals surface area contributed by atoms with Crippen LogP contribution in [0.4, 0.5) is 0 Å². The molecule has 5 nitrogen and oxygen atoms in total. The third kappa shape index (κ3) is 2.68. The molecule has 0 bridgehead atoms. The molecular formula is C12H11Cl2NO4. The SMILES string of the molecule is O=C(NC1(C(=O)O)CCOC1)c1c(Cl)cccc1Cl. The van der Waals surface area contributed by atoms with Gasteiger partial charge < -0.3 is 15.2 Å². The molecule has 1 heterocycles. The number of benzene rings is 1. The van der Waals surface area contributed by atoms with Crippen molar-refractivity contribution in [2.45, 2.75) is 12.0 Å². The van der Waals surface area contributed by atoms with Gasteiger partial charge in [0.25, 0.3) is 5.91 Å². The van der Waals surface area contributed by atoms with E-state index in [9.17, 15) is 14.7 Å². The van der Waals surface area contributed by atoms with Crippen LogP contribution in [0, 0.1) is 0 Å². The van der Waals surface area contributed by atoms with Crippen molar-refractivity contribution in [3.05, 3.63) is 33.8 Å². The van der Waals surface area contributed by atoms with Gasteiger partial charge in [-0.2, -0.15) is 0 Å². The van der Waals surface area contributed by atoms with Gasteiger partial charge in [-0.05, 0) is 12.1 Å². The van der Waals surface area contributed by atoms with Crippen molar-refractivity contribution in [1.82, 2.24) is 5.32 Å². The van der Waals surface area contributed by atoms with Gasteiger partial charge in [0, 0.05) is 13.0 Å². The van der Waals surface area contributed by atoms with E-state index in [0.717, 1.165) is 0 Å². The molecule has 1 aromatic carbocycles. The highest BCUT2D eigenvalue weighted by Crippen LogP contribution is 2.26. The molecule has 1 aliphatic heterocycles. The standard InChI is InChI=1S/C12H11Cl2NO4/c13-7-2-1-3-8(14)9(7)10(16)15-12(11(17)18)4-5-19-6-12/h1-3H,4-6H2,(H,15,16)(H,17,18). The van der Waals surface area contributed by atoms with Crippen LogP contribution in [0.5, 0.6) is 0 Å². The Morgan fingerprint density at radius 1 is 1.32 bits per heavy atom. The minimum Gasteiger partial charge on any atom is -0.479 e. The summed E-state index contributed by atoms with van der Waals surface area (Å²) in [5.41, 5.74) is -1.35. The number of carbonyl (C=O) groups excluding carboxylic acids is 1. The number of rotatable bonds is 3. The Labute approximate surface area is 119 Å². The van der Waals surface area contributed by atoms with Crippen LogP contribution in [0.3, 0.4) is 0 Å². The highest BCUT2D eigenvalue weighted by Gasteiger charge is 2.44. The fourth-order valence-electron chi connectivity index (χ4n) is 1.88. The lowest BCUT2D eigenvalue weighted by molar-refractivity contribution is -0.144. The molecule has 2 N–H and O–H groups in total. The first-order valence-corrected chi connectivity index (χ1v) is 6.29. The molecule has 1 unspecified atom stereocenters. The van der Waals surface area contributed by atoms with Gasteiger partial charge in [-0.25, -0.2) is 4.79 Å². The van der Waals surface area contributed by atoms with Crippen LogP contribution < -0.4 is 5.32 Å². The lowest BCUT2D eigenvalue weighted by Gasteiger charge is -2.24. The molecule has 102 valence electrons. The largest absolute Gasteiger partial charge is 0.479 e. The Morgan fingerprint density at radius 2 is 1.95 bits per heavy atom. The van der Waals surface area contributed by atoms with E-state index in [4.69, 9.17) is 27.9 Å². The predicted molar refractivity (Wildman–Crippen MR) is 69.7 cm³/mol. The molecule has 0 aliphatic carbocycles. The first-order chi connectivity index (χ1) is 8.96. The molecular weight excluding hydrogens is 293 g/mol. The summed E-state index contributed by atoms with van der Waals surface area (Å²) in [4.78, 5) is 23.5. The summed E-state index contributed by atoms with van der Waals surface area (Å²) in [5, 5.41) is 12.0. The molecule has 1 aliphatic rings. The summed E-state index contributed by atoms with van der Waals surface area (Å²) in [6.45, 7) is 0.207. The summed E-state index contributed by atoms with van der Waals surface area (Å²) < 4.78 is 5.06. The summed E-state index contributed by atoms with van der Waals surface area (Å²) in [6.07, 6.45) is 0.205. The maximum atomic E-state index is 12.2. The second-order valence-corrected chi connectivity index (χ2v) is 5.06. The quantitative estimate of drug-likeness (QED) is 0.895. The number of carboxylic acid groups (broad SMARTS) is 1. The summed E-state index contributed by atoms with van der Waals surface area (Å²) >= 11 is 11.8. The number of amides is 1. The molecule has 1 aromatic rings. The van der Waals surface area contributed by atoms with Crippen LogP contribution in [-0.2, 0) is 9.53 Å². The van der Waals surface area contributed by atoms with Crippen LogP contribution in [0.25, 0.3) is 0 Å². The molecule has 2 rings (SSSR count). The summed E-state index contributed by atoms with van der Waals surface area (Å²) in [7, 11) is 0. The van der Waals surface area contributed by atoms with Gasteiger partial charge >= 0.3 is 5.97 Å². The number of aliphatic carboxylic acids is 1. The van der Waals surface area contributed by atoms with Crippen molar-refractivity contribution >= 4 is 35.1 Å². The number of hydrogen-bond donors (Lipinski definition) is 2. The molecule has 1 saturated heterocycles. The number of carboxylic acids is 1. The Balaban J connectivity index is 2.28. The van der Waals surface area contributed by atoms with Crippen LogP contribution in [0.15, 0.2) is 18.2 Å². The smallest absolute Gasteiger partial charge is 0.331 e. The third-order valence-corrected chi connectivity index (χ3v) is 3.60. The predicted octanol–water partition coefficient (Wildman–Crippen LogP) is 1.97. The van der Waals surface area contributed by atoms with E-state index in [-0.39, 0.29) is 35.2 Å². The second-order valence-electron chi connectivity index (χ2n) is 4.24. The monoisotopic (exact) mass is 303 g/mol. The molecule has 0 radical (unpaired) electrons. The lowest BCUT2D eigenvalue weighted by atomic mass is 9.98. The van der Waals surface area contributed by atoms with E-state index < -0.39 is 17.4 Å². The van der Waals surface area contributed by atoms with Crippen molar-refractivity contribution in [2.75, 3.05) is 13.2 Å². The van der Waals surface area contributed by atoms with Gasteiger partial charge in [-0.3, -0.25) is 4.79 Å². The number of hydrogen-bond acceptors (Lipinski definition) is 3. The number of nitrogens with one attached hydrogen (secondary N) is 1. The van der Waals surface area contributed by atoms with E-state index >= 15 is 0 Å². The van der Waals surface area contributed by atoms with Gasteiger partial charge in [0.1, 0.15) is 0 Å². The van der Waals surface area contributed by atoms with Crippen LogP contribution in [0.1, 0.15) is 16.8 Å². The maximum Gasteiger partial charge on any atom is 0.331 e. The average Bonchev–Trinajstić information content (AvgIpc) is 2.78. The Hall–Kier alpha value is -1.30. The summed E-state index contributed by atoms with van der Waals surface area (Å²) in [6, 6.07) is 4.63. The minimum absolute atomic E-state index is 0.0679.